The summed E-state index contributed by atoms with van der Waals surface area (Å²) in [6, 6.07) is 15.7. The highest BCUT2D eigenvalue weighted by molar-refractivity contribution is 6.15. The van der Waals surface area contributed by atoms with Gasteiger partial charge in [-0.05, 0) is 49.4 Å². The molecule has 1 aliphatic rings. The Hall–Kier alpha value is -4.06. The molecule has 6 heteroatoms. The van der Waals surface area contributed by atoms with Crippen LogP contribution in [0, 0.1) is 12.7 Å². The third-order valence-electron chi connectivity index (χ3n) is 5.89. The summed E-state index contributed by atoms with van der Waals surface area (Å²) in [5.41, 5.74) is 3.51. The number of aryl methyl sites for hydroxylation is 1. The number of nitrogens with zero attached hydrogens (tertiary/aromatic N) is 1. The molecule has 0 atom stereocenters. The number of benzene rings is 3. The molecular weight excluding hydrogens is 421 g/mol. The number of ether oxygens (including phenoxy) is 3. The zero-order chi connectivity index (χ0) is 23.1. The smallest absolute Gasteiger partial charge is 0.231 e. The second kappa shape index (κ2) is 8.13. The number of hydrogen-bond acceptors (Lipinski definition) is 4. The Morgan fingerprint density at radius 2 is 1.94 bits per heavy atom. The number of rotatable bonds is 5. The summed E-state index contributed by atoms with van der Waals surface area (Å²) in [4.78, 5) is 13.0. The number of ketones is 1. The van der Waals surface area contributed by atoms with E-state index in [2.05, 4.69) is 0 Å². The lowest BCUT2D eigenvalue weighted by molar-refractivity contribution is 0.101. The van der Waals surface area contributed by atoms with Gasteiger partial charge in [0.2, 0.25) is 5.78 Å². The molecule has 4 aromatic rings. The largest absolute Gasteiger partial charge is 0.497 e. The van der Waals surface area contributed by atoms with Gasteiger partial charge in [0.05, 0.1) is 12.7 Å². The molecule has 2 heterocycles. The van der Waals surface area contributed by atoms with Gasteiger partial charge in [-0.3, -0.25) is 4.79 Å². The van der Waals surface area contributed by atoms with Gasteiger partial charge >= 0.3 is 0 Å². The predicted molar refractivity (Wildman–Crippen MR) is 124 cm³/mol. The predicted octanol–water partition coefficient (Wildman–Crippen LogP) is 5.83. The van der Waals surface area contributed by atoms with Gasteiger partial charge in [-0.25, -0.2) is 4.39 Å². The Balaban J connectivity index is 1.45. The highest BCUT2D eigenvalue weighted by Crippen LogP contribution is 2.40. The zero-order valence-electron chi connectivity index (χ0n) is 18.5. The highest BCUT2D eigenvalue weighted by Gasteiger charge is 2.30. The van der Waals surface area contributed by atoms with Crippen molar-refractivity contribution in [2.75, 3.05) is 7.11 Å². The van der Waals surface area contributed by atoms with Gasteiger partial charge in [-0.2, -0.15) is 0 Å². The topological polar surface area (TPSA) is 49.7 Å². The van der Waals surface area contributed by atoms with E-state index in [0.29, 0.717) is 28.2 Å². The van der Waals surface area contributed by atoms with Gasteiger partial charge in [-0.1, -0.05) is 18.2 Å². The first kappa shape index (κ1) is 20.8. The minimum atomic E-state index is -0.320. The zero-order valence-corrected chi connectivity index (χ0v) is 18.5. The van der Waals surface area contributed by atoms with E-state index in [-0.39, 0.29) is 24.0 Å². The number of carbonyl (C=O) groups is 1. The van der Waals surface area contributed by atoms with Crippen molar-refractivity contribution in [3.05, 3.63) is 94.6 Å². The van der Waals surface area contributed by atoms with E-state index in [9.17, 15) is 9.18 Å². The second-order valence-electron chi connectivity index (χ2n) is 7.96. The number of halogens is 1. The first-order chi connectivity index (χ1) is 16.0. The Kier molecular flexibility index (Phi) is 5.13. The maximum atomic E-state index is 13.9. The van der Waals surface area contributed by atoms with Crippen molar-refractivity contribution in [2.24, 2.45) is 7.05 Å². The van der Waals surface area contributed by atoms with Gasteiger partial charge in [0.1, 0.15) is 29.7 Å². The molecule has 0 amide bonds. The molecule has 0 fully saturated rings. The standard InChI is InChI=1S/C27H22FNO4/c1-16-24(32-15-17-6-4-5-7-22(17)28)11-9-20-26(30)25(33-27(16)20)12-18-14-29(2)23-10-8-19(31-3)13-21(18)23/h4-14H,15H2,1-3H3/b25-12-. The van der Waals surface area contributed by atoms with Crippen LogP contribution in [0.4, 0.5) is 4.39 Å². The van der Waals surface area contributed by atoms with Crippen molar-refractivity contribution in [3.63, 3.8) is 0 Å². The van der Waals surface area contributed by atoms with Crippen molar-refractivity contribution < 1.29 is 23.4 Å². The van der Waals surface area contributed by atoms with Crippen LogP contribution in [0.15, 0.2) is 66.6 Å². The van der Waals surface area contributed by atoms with Crippen LogP contribution in [0.3, 0.4) is 0 Å². The maximum absolute atomic E-state index is 13.9. The van der Waals surface area contributed by atoms with Crippen LogP contribution < -0.4 is 14.2 Å². The van der Waals surface area contributed by atoms with Crippen LogP contribution in [0.25, 0.3) is 17.0 Å². The molecule has 5 nitrogen and oxygen atoms in total. The highest BCUT2D eigenvalue weighted by atomic mass is 19.1. The number of Topliss-reactive ketones (excluding diaryl/α,β-unsaturated/α-hetero) is 1. The van der Waals surface area contributed by atoms with Crippen LogP contribution in [0.5, 0.6) is 17.2 Å². The number of carbonyl (C=O) groups excluding carboxylic acids is 1. The number of hydrogen-bond donors (Lipinski definition) is 0. The van der Waals surface area contributed by atoms with Crippen LogP contribution in [-0.4, -0.2) is 17.5 Å². The summed E-state index contributed by atoms with van der Waals surface area (Å²) in [5.74, 6) is 1.49. The first-order valence-corrected chi connectivity index (χ1v) is 10.5. The van der Waals surface area contributed by atoms with Crippen molar-refractivity contribution in [3.8, 4) is 17.2 Å². The summed E-state index contributed by atoms with van der Waals surface area (Å²) in [6.45, 7) is 1.91. The SMILES string of the molecule is COc1ccc2c(c1)c(/C=C1\Oc3c(ccc(OCc4ccccc4F)c3C)C1=O)cn2C. The van der Waals surface area contributed by atoms with Crippen LogP contribution in [0.2, 0.25) is 0 Å². The average Bonchev–Trinajstić information content (AvgIpc) is 3.31. The molecule has 0 N–H and O–H groups in total. The molecule has 0 aliphatic carbocycles. The molecule has 3 aromatic carbocycles. The second-order valence-corrected chi connectivity index (χ2v) is 7.96. The molecule has 1 aliphatic heterocycles. The number of aromatic nitrogens is 1. The van der Waals surface area contributed by atoms with Gasteiger partial charge in [0.25, 0.3) is 0 Å². The Bertz CT molecular complexity index is 1430. The van der Waals surface area contributed by atoms with Crippen molar-refractivity contribution in [1.29, 1.82) is 0 Å². The van der Waals surface area contributed by atoms with E-state index < -0.39 is 0 Å². The quantitative estimate of drug-likeness (QED) is 0.364. The first-order valence-electron chi connectivity index (χ1n) is 10.5. The molecule has 0 saturated heterocycles. The molecule has 33 heavy (non-hydrogen) atoms. The Morgan fingerprint density at radius 1 is 1.12 bits per heavy atom. The normalized spacial score (nSPS) is 13.9. The third-order valence-corrected chi connectivity index (χ3v) is 5.89. The summed E-state index contributed by atoms with van der Waals surface area (Å²) in [7, 11) is 3.57. The molecule has 0 spiro atoms. The van der Waals surface area contributed by atoms with Crippen molar-refractivity contribution in [2.45, 2.75) is 13.5 Å². The molecule has 0 unspecified atom stereocenters. The molecule has 5 rings (SSSR count). The summed E-state index contributed by atoms with van der Waals surface area (Å²) < 4.78 is 33.1. The molecule has 0 radical (unpaired) electrons. The fourth-order valence-corrected chi connectivity index (χ4v) is 4.08. The monoisotopic (exact) mass is 443 g/mol. The summed E-state index contributed by atoms with van der Waals surface area (Å²) >= 11 is 0. The average molecular weight is 443 g/mol. The van der Waals surface area contributed by atoms with Gasteiger partial charge in [0, 0.05) is 40.8 Å². The fourth-order valence-electron chi connectivity index (χ4n) is 4.08. The summed E-state index contributed by atoms with van der Waals surface area (Å²) in [5, 5.41) is 0.960. The molecular formula is C27H22FNO4. The van der Waals surface area contributed by atoms with Gasteiger partial charge in [-0.15, -0.1) is 0 Å². The third kappa shape index (κ3) is 3.63. The van der Waals surface area contributed by atoms with Crippen LogP contribution in [0.1, 0.15) is 27.0 Å². The number of methoxy groups -OCH3 is 1. The lowest BCUT2D eigenvalue weighted by atomic mass is 10.1. The molecule has 0 saturated carbocycles. The van der Waals surface area contributed by atoms with Crippen LogP contribution in [-0.2, 0) is 13.7 Å². The van der Waals surface area contributed by atoms with Crippen molar-refractivity contribution >= 4 is 22.8 Å². The van der Waals surface area contributed by atoms with E-state index in [0.717, 1.165) is 22.2 Å². The van der Waals surface area contributed by atoms with Crippen molar-refractivity contribution in [1.82, 2.24) is 4.57 Å². The minimum Gasteiger partial charge on any atom is -0.497 e. The maximum Gasteiger partial charge on any atom is 0.231 e. The lowest BCUT2D eigenvalue weighted by Crippen LogP contribution is -2.00. The lowest BCUT2D eigenvalue weighted by Gasteiger charge is -2.12. The van der Waals surface area contributed by atoms with Crippen LogP contribution >= 0.6 is 0 Å². The van der Waals surface area contributed by atoms with Gasteiger partial charge in [0.15, 0.2) is 5.76 Å². The number of fused-ring (bicyclic) bond motifs is 2. The molecule has 166 valence electrons. The molecule has 0 bridgehead atoms. The fraction of sp³-hybridized carbons (Fsp3) is 0.148. The minimum absolute atomic E-state index is 0.0841. The molecule has 1 aromatic heterocycles. The van der Waals surface area contributed by atoms with E-state index in [1.807, 2.05) is 42.9 Å². The van der Waals surface area contributed by atoms with E-state index in [1.54, 1.807) is 43.5 Å². The van der Waals surface area contributed by atoms with E-state index >= 15 is 0 Å². The Morgan fingerprint density at radius 3 is 2.73 bits per heavy atom. The number of allylic oxidation sites excluding steroid dienone is 1. The van der Waals surface area contributed by atoms with E-state index in [4.69, 9.17) is 14.2 Å². The summed E-state index contributed by atoms with van der Waals surface area (Å²) in [6.07, 6.45) is 3.70. The van der Waals surface area contributed by atoms with Gasteiger partial charge < -0.3 is 18.8 Å². The Labute approximate surface area is 190 Å². The van der Waals surface area contributed by atoms with E-state index in [1.165, 1.54) is 6.07 Å².